The Labute approximate surface area is 111 Å². The van der Waals surface area contributed by atoms with E-state index in [1.54, 1.807) is 0 Å². The van der Waals surface area contributed by atoms with E-state index in [9.17, 15) is 0 Å². The van der Waals surface area contributed by atoms with Crippen LogP contribution in [0.15, 0.2) is 24.3 Å². The van der Waals surface area contributed by atoms with Crippen LogP contribution in [0.3, 0.4) is 0 Å². The van der Waals surface area contributed by atoms with Crippen LogP contribution in [0.5, 0.6) is 0 Å². The molecule has 1 rings (SSSR count). The van der Waals surface area contributed by atoms with Crippen molar-refractivity contribution in [3.05, 3.63) is 29.8 Å². The molecule has 0 aliphatic rings. The van der Waals surface area contributed by atoms with E-state index < -0.39 is 0 Å². The van der Waals surface area contributed by atoms with Crippen LogP contribution in [0, 0.1) is 16.7 Å². The van der Waals surface area contributed by atoms with E-state index in [0.29, 0.717) is 6.42 Å². The Bertz CT molecular complexity index is 402. The van der Waals surface area contributed by atoms with E-state index >= 15 is 0 Å². The molecule has 2 heteroatoms. The number of benzene rings is 1. The number of nitrogens with zero attached hydrogens (tertiary/aromatic N) is 1. The van der Waals surface area contributed by atoms with Gasteiger partial charge in [-0.3, -0.25) is 0 Å². The summed E-state index contributed by atoms with van der Waals surface area (Å²) < 4.78 is 0. The van der Waals surface area contributed by atoms with Crippen LogP contribution < -0.4 is 5.32 Å². The van der Waals surface area contributed by atoms with E-state index in [-0.39, 0.29) is 5.41 Å². The van der Waals surface area contributed by atoms with Gasteiger partial charge < -0.3 is 5.32 Å². The molecule has 1 aromatic rings. The highest BCUT2D eigenvalue weighted by Gasteiger charge is 2.17. The highest BCUT2D eigenvalue weighted by atomic mass is 14.9. The van der Waals surface area contributed by atoms with Gasteiger partial charge in [0, 0.05) is 18.7 Å². The fourth-order valence-corrected chi connectivity index (χ4v) is 2.00. The fourth-order valence-electron chi connectivity index (χ4n) is 2.00. The Morgan fingerprint density at radius 3 is 2.67 bits per heavy atom. The molecular formula is C16H24N2. The third kappa shape index (κ3) is 4.79. The zero-order valence-corrected chi connectivity index (χ0v) is 11.8. The molecule has 98 valence electrons. The SMILES string of the molecule is CCCc1ccccc1NCC(C)(C)CCC#N. The minimum atomic E-state index is 0.162. The molecule has 0 aliphatic carbocycles. The second-order valence-corrected chi connectivity index (χ2v) is 5.58. The van der Waals surface area contributed by atoms with Gasteiger partial charge in [0.1, 0.15) is 0 Å². The van der Waals surface area contributed by atoms with E-state index in [4.69, 9.17) is 5.26 Å². The smallest absolute Gasteiger partial charge is 0.0621 e. The van der Waals surface area contributed by atoms with Crippen molar-refractivity contribution < 1.29 is 0 Å². The normalized spacial score (nSPS) is 11.0. The third-order valence-corrected chi connectivity index (χ3v) is 3.21. The summed E-state index contributed by atoms with van der Waals surface area (Å²) in [6, 6.07) is 10.7. The summed E-state index contributed by atoms with van der Waals surface area (Å²) in [6.07, 6.45) is 3.84. The first-order chi connectivity index (χ1) is 8.59. The van der Waals surface area contributed by atoms with Gasteiger partial charge in [0.2, 0.25) is 0 Å². The van der Waals surface area contributed by atoms with Crippen molar-refractivity contribution >= 4 is 5.69 Å². The number of hydrogen-bond donors (Lipinski definition) is 1. The van der Waals surface area contributed by atoms with Crippen molar-refractivity contribution in [3.8, 4) is 6.07 Å². The first kappa shape index (κ1) is 14.6. The Morgan fingerprint density at radius 2 is 2.00 bits per heavy atom. The molecule has 0 heterocycles. The molecule has 2 nitrogen and oxygen atoms in total. The van der Waals surface area contributed by atoms with Gasteiger partial charge in [-0.1, -0.05) is 45.4 Å². The predicted molar refractivity (Wildman–Crippen MR) is 77.6 cm³/mol. The molecule has 0 aliphatic heterocycles. The van der Waals surface area contributed by atoms with Crippen LogP contribution in [0.25, 0.3) is 0 Å². The summed E-state index contributed by atoms with van der Waals surface area (Å²) in [6.45, 7) is 7.53. The van der Waals surface area contributed by atoms with Gasteiger partial charge in [-0.25, -0.2) is 0 Å². The fraction of sp³-hybridized carbons (Fsp3) is 0.562. The molecule has 18 heavy (non-hydrogen) atoms. The Morgan fingerprint density at radius 1 is 1.28 bits per heavy atom. The first-order valence-electron chi connectivity index (χ1n) is 6.78. The maximum Gasteiger partial charge on any atom is 0.0621 e. The molecular weight excluding hydrogens is 220 g/mol. The van der Waals surface area contributed by atoms with Crippen molar-refractivity contribution in [1.29, 1.82) is 5.26 Å². The number of nitrogens with one attached hydrogen (secondary N) is 1. The van der Waals surface area contributed by atoms with Crippen molar-refractivity contribution in [1.82, 2.24) is 0 Å². The summed E-state index contributed by atoms with van der Waals surface area (Å²) in [5.74, 6) is 0. The lowest BCUT2D eigenvalue weighted by molar-refractivity contribution is 0.363. The topological polar surface area (TPSA) is 35.8 Å². The van der Waals surface area contributed by atoms with Crippen molar-refractivity contribution in [2.75, 3.05) is 11.9 Å². The van der Waals surface area contributed by atoms with Crippen molar-refractivity contribution in [3.63, 3.8) is 0 Å². The molecule has 0 unspecified atom stereocenters. The zero-order valence-electron chi connectivity index (χ0n) is 11.8. The zero-order chi connectivity index (χ0) is 13.4. The van der Waals surface area contributed by atoms with E-state index in [0.717, 1.165) is 25.8 Å². The van der Waals surface area contributed by atoms with Crippen molar-refractivity contribution in [2.45, 2.75) is 46.5 Å². The lowest BCUT2D eigenvalue weighted by Gasteiger charge is -2.25. The molecule has 0 spiro atoms. The lowest BCUT2D eigenvalue weighted by Crippen LogP contribution is -2.23. The minimum absolute atomic E-state index is 0.162. The second-order valence-electron chi connectivity index (χ2n) is 5.58. The van der Waals surface area contributed by atoms with Gasteiger partial charge in [-0.2, -0.15) is 5.26 Å². The monoisotopic (exact) mass is 244 g/mol. The molecule has 0 radical (unpaired) electrons. The van der Waals surface area contributed by atoms with Gasteiger partial charge in [0.15, 0.2) is 0 Å². The van der Waals surface area contributed by atoms with Crippen LogP contribution in [0.2, 0.25) is 0 Å². The molecule has 1 N–H and O–H groups in total. The van der Waals surface area contributed by atoms with E-state index in [2.05, 4.69) is 56.4 Å². The highest BCUT2D eigenvalue weighted by molar-refractivity contribution is 5.51. The Hall–Kier alpha value is -1.49. The summed E-state index contributed by atoms with van der Waals surface area (Å²) in [5, 5.41) is 12.2. The van der Waals surface area contributed by atoms with Crippen LogP contribution in [-0.4, -0.2) is 6.54 Å². The van der Waals surface area contributed by atoms with Crippen LogP contribution in [-0.2, 0) is 6.42 Å². The Balaban J connectivity index is 2.60. The molecule has 1 aromatic carbocycles. The quantitative estimate of drug-likeness (QED) is 0.772. The first-order valence-corrected chi connectivity index (χ1v) is 6.78. The summed E-state index contributed by atoms with van der Waals surface area (Å²) in [7, 11) is 0. The number of anilines is 1. The third-order valence-electron chi connectivity index (χ3n) is 3.21. The summed E-state index contributed by atoms with van der Waals surface area (Å²) in [4.78, 5) is 0. The maximum atomic E-state index is 8.66. The molecule has 0 aromatic heterocycles. The van der Waals surface area contributed by atoms with Crippen LogP contribution >= 0.6 is 0 Å². The number of rotatable bonds is 7. The summed E-state index contributed by atoms with van der Waals surface area (Å²) >= 11 is 0. The van der Waals surface area contributed by atoms with Gasteiger partial charge in [-0.05, 0) is 29.9 Å². The average Bonchev–Trinajstić information content (AvgIpc) is 2.36. The molecule has 0 amide bonds. The van der Waals surface area contributed by atoms with Gasteiger partial charge in [0.25, 0.3) is 0 Å². The maximum absolute atomic E-state index is 8.66. The molecule has 0 atom stereocenters. The standard InChI is InChI=1S/C16H24N2/c1-4-8-14-9-5-6-10-15(14)18-13-16(2,3)11-7-12-17/h5-6,9-10,18H,4,7-8,11,13H2,1-3H3. The molecule has 0 bridgehead atoms. The largest absolute Gasteiger partial charge is 0.384 e. The number of aryl methyl sites for hydroxylation is 1. The van der Waals surface area contributed by atoms with Gasteiger partial charge in [-0.15, -0.1) is 0 Å². The average molecular weight is 244 g/mol. The molecule has 0 saturated carbocycles. The van der Waals surface area contributed by atoms with Crippen molar-refractivity contribution in [2.24, 2.45) is 5.41 Å². The highest BCUT2D eigenvalue weighted by Crippen LogP contribution is 2.24. The molecule has 0 saturated heterocycles. The van der Waals surface area contributed by atoms with Crippen LogP contribution in [0.4, 0.5) is 5.69 Å². The van der Waals surface area contributed by atoms with Gasteiger partial charge in [0.05, 0.1) is 6.07 Å². The predicted octanol–water partition coefficient (Wildman–Crippen LogP) is 4.38. The molecule has 0 fully saturated rings. The number of nitriles is 1. The van der Waals surface area contributed by atoms with E-state index in [1.807, 2.05) is 0 Å². The Kier molecular flexibility index (Phi) is 5.71. The lowest BCUT2D eigenvalue weighted by atomic mass is 9.88. The summed E-state index contributed by atoms with van der Waals surface area (Å²) in [5.41, 5.74) is 2.79. The number of para-hydroxylation sites is 1. The van der Waals surface area contributed by atoms with E-state index in [1.165, 1.54) is 11.3 Å². The second kappa shape index (κ2) is 7.06. The van der Waals surface area contributed by atoms with Crippen LogP contribution in [0.1, 0.15) is 45.6 Å². The minimum Gasteiger partial charge on any atom is -0.384 e. The van der Waals surface area contributed by atoms with Gasteiger partial charge >= 0.3 is 0 Å². The number of hydrogen-bond acceptors (Lipinski definition) is 2.